The monoisotopic (exact) mass is 249 g/mol. The van der Waals surface area contributed by atoms with Crippen molar-refractivity contribution in [1.82, 2.24) is 9.55 Å². The van der Waals surface area contributed by atoms with Gasteiger partial charge in [0.05, 0.1) is 5.69 Å². The van der Waals surface area contributed by atoms with Crippen LogP contribution in [0.3, 0.4) is 0 Å². The summed E-state index contributed by atoms with van der Waals surface area (Å²) >= 11 is 0. The Morgan fingerprint density at radius 1 is 1.41 bits per heavy atom. The summed E-state index contributed by atoms with van der Waals surface area (Å²) in [6.07, 6.45) is -2.89. The van der Waals surface area contributed by atoms with Crippen LogP contribution in [0.25, 0.3) is 0 Å². The van der Waals surface area contributed by atoms with Crippen LogP contribution in [-0.2, 0) is 0 Å². The van der Waals surface area contributed by atoms with E-state index in [1.54, 1.807) is 0 Å². The summed E-state index contributed by atoms with van der Waals surface area (Å²) < 4.78 is 37.8. The molecule has 1 aromatic heterocycles. The van der Waals surface area contributed by atoms with Crippen LogP contribution in [0.5, 0.6) is 0 Å². The van der Waals surface area contributed by atoms with Gasteiger partial charge >= 0.3 is 6.18 Å². The molecule has 1 heterocycles. The molecule has 6 heteroatoms. The van der Waals surface area contributed by atoms with Gasteiger partial charge in [0.2, 0.25) is 5.95 Å². The Morgan fingerprint density at radius 3 is 2.59 bits per heavy atom. The van der Waals surface area contributed by atoms with Crippen molar-refractivity contribution in [3.05, 3.63) is 11.9 Å². The lowest BCUT2D eigenvalue weighted by Crippen LogP contribution is -2.13. The smallest absolute Gasteiger partial charge is 0.356 e. The molecule has 0 saturated carbocycles. The van der Waals surface area contributed by atoms with E-state index in [2.05, 4.69) is 10.3 Å². The van der Waals surface area contributed by atoms with Crippen LogP contribution in [0.15, 0.2) is 6.20 Å². The summed E-state index contributed by atoms with van der Waals surface area (Å²) in [4.78, 5) is 4.24. The van der Waals surface area contributed by atoms with Crippen LogP contribution in [0.1, 0.15) is 38.4 Å². The lowest BCUT2D eigenvalue weighted by Gasteiger charge is -2.13. The highest BCUT2D eigenvalue weighted by Gasteiger charge is 2.25. The Hall–Kier alpha value is -1.20. The van der Waals surface area contributed by atoms with Gasteiger partial charge < -0.3 is 9.88 Å². The topological polar surface area (TPSA) is 29.9 Å². The number of imidazole rings is 1. The first-order valence-electron chi connectivity index (χ1n) is 5.65. The molecule has 0 spiro atoms. The SMILES string of the molecule is Cc1cn(C(C)C)c(NCCCC(F)(F)F)n1. The fourth-order valence-corrected chi connectivity index (χ4v) is 1.53. The number of halogens is 3. The number of nitrogens with zero attached hydrogens (tertiary/aromatic N) is 2. The lowest BCUT2D eigenvalue weighted by atomic mass is 10.3. The fraction of sp³-hybridized carbons (Fsp3) is 0.727. The van der Waals surface area contributed by atoms with E-state index >= 15 is 0 Å². The van der Waals surface area contributed by atoms with Gasteiger partial charge in [-0.2, -0.15) is 13.2 Å². The molecule has 1 rings (SSSR count). The highest BCUT2D eigenvalue weighted by Crippen LogP contribution is 2.21. The molecule has 0 aliphatic carbocycles. The van der Waals surface area contributed by atoms with Gasteiger partial charge in [0.15, 0.2) is 0 Å². The molecule has 0 aliphatic heterocycles. The van der Waals surface area contributed by atoms with Gasteiger partial charge in [0, 0.05) is 25.2 Å². The summed E-state index contributed by atoms with van der Waals surface area (Å²) in [5.41, 5.74) is 0.858. The average molecular weight is 249 g/mol. The summed E-state index contributed by atoms with van der Waals surface area (Å²) in [5.74, 6) is 0.639. The maximum atomic E-state index is 11.9. The average Bonchev–Trinajstić information content (AvgIpc) is 2.53. The van der Waals surface area contributed by atoms with Crippen LogP contribution in [0.2, 0.25) is 0 Å². The molecule has 0 aliphatic rings. The number of nitrogens with one attached hydrogen (secondary N) is 1. The first-order valence-corrected chi connectivity index (χ1v) is 5.65. The number of anilines is 1. The summed E-state index contributed by atoms with van der Waals surface area (Å²) in [7, 11) is 0. The van der Waals surface area contributed by atoms with Gasteiger partial charge in [-0.3, -0.25) is 0 Å². The van der Waals surface area contributed by atoms with E-state index in [9.17, 15) is 13.2 Å². The molecule has 0 fully saturated rings. The largest absolute Gasteiger partial charge is 0.389 e. The quantitative estimate of drug-likeness (QED) is 0.809. The number of aromatic nitrogens is 2. The van der Waals surface area contributed by atoms with E-state index in [1.165, 1.54) is 0 Å². The van der Waals surface area contributed by atoms with Gasteiger partial charge in [-0.15, -0.1) is 0 Å². The standard InChI is InChI=1S/C11H18F3N3/c1-8(2)17-7-9(3)16-10(17)15-6-4-5-11(12,13)14/h7-8H,4-6H2,1-3H3,(H,15,16). The van der Waals surface area contributed by atoms with Gasteiger partial charge in [-0.25, -0.2) is 4.98 Å². The highest BCUT2D eigenvalue weighted by atomic mass is 19.4. The third-order valence-electron chi connectivity index (χ3n) is 2.33. The van der Waals surface area contributed by atoms with E-state index < -0.39 is 12.6 Å². The third kappa shape index (κ3) is 4.66. The van der Waals surface area contributed by atoms with Crippen molar-refractivity contribution in [2.24, 2.45) is 0 Å². The number of hydrogen-bond donors (Lipinski definition) is 1. The molecule has 17 heavy (non-hydrogen) atoms. The zero-order valence-corrected chi connectivity index (χ0v) is 10.3. The van der Waals surface area contributed by atoms with Crippen molar-refractivity contribution in [3.8, 4) is 0 Å². The molecule has 98 valence electrons. The summed E-state index contributed by atoms with van der Waals surface area (Å²) in [5, 5.41) is 2.94. The number of rotatable bonds is 5. The van der Waals surface area contributed by atoms with E-state index in [0.29, 0.717) is 5.95 Å². The second kappa shape index (κ2) is 5.42. The fourth-order valence-electron chi connectivity index (χ4n) is 1.53. The van der Waals surface area contributed by atoms with E-state index in [-0.39, 0.29) is 19.0 Å². The van der Waals surface area contributed by atoms with Gasteiger partial charge in [-0.1, -0.05) is 0 Å². The number of alkyl halides is 3. The normalized spacial score (nSPS) is 12.2. The van der Waals surface area contributed by atoms with Crippen molar-refractivity contribution >= 4 is 5.95 Å². The Labute approximate surface area is 99.0 Å². The van der Waals surface area contributed by atoms with Crippen molar-refractivity contribution in [3.63, 3.8) is 0 Å². The minimum Gasteiger partial charge on any atom is -0.356 e. The van der Waals surface area contributed by atoms with Crippen LogP contribution >= 0.6 is 0 Å². The minimum atomic E-state index is -4.08. The molecule has 0 saturated heterocycles. The predicted molar refractivity (Wildman–Crippen MR) is 61.1 cm³/mol. The molecular weight excluding hydrogens is 231 g/mol. The number of hydrogen-bond acceptors (Lipinski definition) is 2. The molecule has 0 unspecified atom stereocenters. The third-order valence-corrected chi connectivity index (χ3v) is 2.33. The van der Waals surface area contributed by atoms with Crippen molar-refractivity contribution < 1.29 is 13.2 Å². The minimum absolute atomic E-state index is 0.0630. The van der Waals surface area contributed by atoms with E-state index in [1.807, 2.05) is 31.5 Å². The molecule has 0 amide bonds. The molecule has 0 bridgehead atoms. The maximum Gasteiger partial charge on any atom is 0.389 e. The van der Waals surface area contributed by atoms with Crippen LogP contribution in [0, 0.1) is 6.92 Å². The van der Waals surface area contributed by atoms with E-state index in [4.69, 9.17) is 0 Å². The lowest BCUT2D eigenvalue weighted by molar-refractivity contribution is -0.134. The molecule has 3 nitrogen and oxygen atoms in total. The highest BCUT2D eigenvalue weighted by molar-refractivity contribution is 5.29. The second-order valence-corrected chi connectivity index (χ2v) is 4.35. The van der Waals surface area contributed by atoms with Gasteiger partial charge in [0.1, 0.15) is 0 Å². The molecule has 0 radical (unpaired) electrons. The molecule has 0 aromatic carbocycles. The van der Waals surface area contributed by atoms with Crippen LogP contribution in [-0.4, -0.2) is 22.3 Å². The van der Waals surface area contributed by atoms with Gasteiger partial charge in [-0.05, 0) is 27.2 Å². The summed E-state index contributed by atoms with van der Waals surface area (Å²) in [6.45, 7) is 6.15. The zero-order valence-electron chi connectivity index (χ0n) is 10.3. The molecule has 1 N–H and O–H groups in total. The van der Waals surface area contributed by atoms with E-state index in [0.717, 1.165) is 5.69 Å². The Morgan fingerprint density at radius 2 is 2.06 bits per heavy atom. The number of aryl methyl sites for hydroxylation is 1. The van der Waals surface area contributed by atoms with Crippen LogP contribution < -0.4 is 5.32 Å². The van der Waals surface area contributed by atoms with Crippen molar-refractivity contribution in [1.29, 1.82) is 0 Å². The summed E-state index contributed by atoms with van der Waals surface area (Å²) in [6, 6.07) is 0.237. The zero-order chi connectivity index (χ0) is 13.1. The second-order valence-electron chi connectivity index (χ2n) is 4.35. The Bertz CT molecular complexity index is 355. The molecular formula is C11H18F3N3. The first-order chi connectivity index (χ1) is 7.79. The molecule has 0 atom stereocenters. The first kappa shape index (κ1) is 13.9. The Kier molecular flexibility index (Phi) is 4.42. The molecule has 1 aromatic rings. The Balaban J connectivity index is 2.46. The van der Waals surface area contributed by atoms with Gasteiger partial charge in [0.25, 0.3) is 0 Å². The van der Waals surface area contributed by atoms with Crippen molar-refractivity contribution in [2.75, 3.05) is 11.9 Å². The predicted octanol–water partition coefficient (Wildman–Crippen LogP) is 3.53. The van der Waals surface area contributed by atoms with Crippen molar-refractivity contribution in [2.45, 2.75) is 45.8 Å². The maximum absolute atomic E-state index is 11.9. The van der Waals surface area contributed by atoms with Crippen LogP contribution in [0.4, 0.5) is 19.1 Å².